The Kier molecular flexibility index (Phi) is 1.86. The van der Waals surface area contributed by atoms with Gasteiger partial charge in [-0.3, -0.25) is 4.79 Å². The Labute approximate surface area is 109 Å². The number of carbonyl (C=O) groups is 1. The van der Waals surface area contributed by atoms with E-state index in [1.165, 1.54) is 25.7 Å². The van der Waals surface area contributed by atoms with Crippen LogP contribution in [-0.2, 0) is 9.53 Å². The highest BCUT2D eigenvalue weighted by atomic mass is 16.6. The van der Waals surface area contributed by atoms with Gasteiger partial charge in [-0.2, -0.15) is 0 Å². The number of hydrogen-bond donors (Lipinski definition) is 0. The van der Waals surface area contributed by atoms with Crippen molar-refractivity contribution in [2.24, 2.45) is 28.6 Å². The van der Waals surface area contributed by atoms with Gasteiger partial charge in [0.25, 0.3) is 0 Å². The lowest BCUT2D eigenvalue weighted by molar-refractivity contribution is -0.159. The van der Waals surface area contributed by atoms with Crippen LogP contribution >= 0.6 is 0 Å². The molecular formula is C16H24O2. The van der Waals surface area contributed by atoms with Gasteiger partial charge in [-0.05, 0) is 61.7 Å². The highest BCUT2D eigenvalue weighted by molar-refractivity contribution is 5.73. The fourth-order valence-corrected chi connectivity index (χ4v) is 6.63. The number of hydrogen-bond acceptors (Lipinski definition) is 2. The van der Waals surface area contributed by atoms with Crippen molar-refractivity contribution in [1.29, 1.82) is 0 Å². The van der Waals surface area contributed by atoms with Crippen molar-refractivity contribution in [2.75, 3.05) is 0 Å². The van der Waals surface area contributed by atoms with E-state index in [-0.39, 0.29) is 11.6 Å². The van der Waals surface area contributed by atoms with Crippen LogP contribution in [0.4, 0.5) is 0 Å². The SMILES string of the molecule is CC12CCC(C1)C1(C)C2CCC2(C)OC(=O)CC21. The van der Waals surface area contributed by atoms with E-state index in [9.17, 15) is 4.79 Å². The van der Waals surface area contributed by atoms with Crippen LogP contribution in [0.25, 0.3) is 0 Å². The third-order valence-corrected chi connectivity index (χ3v) is 7.38. The van der Waals surface area contributed by atoms with Gasteiger partial charge in [0, 0.05) is 5.92 Å². The molecule has 0 spiro atoms. The van der Waals surface area contributed by atoms with Gasteiger partial charge in [-0.25, -0.2) is 0 Å². The third kappa shape index (κ3) is 1.05. The Balaban J connectivity index is 1.81. The van der Waals surface area contributed by atoms with Crippen LogP contribution < -0.4 is 0 Å². The largest absolute Gasteiger partial charge is 0.459 e. The third-order valence-electron chi connectivity index (χ3n) is 7.38. The van der Waals surface area contributed by atoms with Gasteiger partial charge in [0.05, 0.1) is 6.42 Å². The second-order valence-corrected chi connectivity index (χ2v) is 8.09. The number of rotatable bonds is 0. The van der Waals surface area contributed by atoms with Gasteiger partial charge in [-0.1, -0.05) is 13.8 Å². The molecule has 0 aromatic heterocycles. The molecule has 0 aromatic rings. The van der Waals surface area contributed by atoms with Gasteiger partial charge >= 0.3 is 5.97 Å². The fourth-order valence-electron chi connectivity index (χ4n) is 6.63. The second-order valence-electron chi connectivity index (χ2n) is 8.09. The van der Waals surface area contributed by atoms with E-state index < -0.39 is 0 Å². The maximum Gasteiger partial charge on any atom is 0.306 e. The molecule has 3 aliphatic carbocycles. The van der Waals surface area contributed by atoms with Crippen molar-refractivity contribution >= 4 is 5.97 Å². The summed E-state index contributed by atoms with van der Waals surface area (Å²) in [5.41, 5.74) is 0.779. The molecule has 2 nitrogen and oxygen atoms in total. The van der Waals surface area contributed by atoms with E-state index in [0.717, 1.165) is 18.3 Å². The summed E-state index contributed by atoms with van der Waals surface area (Å²) in [6.45, 7) is 7.18. The summed E-state index contributed by atoms with van der Waals surface area (Å²) in [7, 11) is 0. The number of fused-ring (bicyclic) bond motifs is 7. The van der Waals surface area contributed by atoms with Crippen molar-refractivity contribution < 1.29 is 9.53 Å². The summed E-state index contributed by atoms with van der Waals surface area (Å²) in [5.74, 6) is 2.20. The van der Waals surface area contributed by atoms with E-state index in [4.69, 9.17) is 4.74 Å². The summed E-state index contributed by atoms with van der Waals surface area (Å²) < 4.78 is 5.73. The predicted octanol–water partition coefficient (Wildman–Crippen LogP) is 3.54. The topological polar surface area (TPSA) is 26.3 Å². The fraction of sp³-hybridized carbons (Fsp3) is 0.938. The van der Waals surface area contributed by atoms with E-state index in [0.29, 0.717) is 23.2 Å². The molecule has 3 saturated carbocycles. The molecule has 1 aliphatic heterocycles. The molecule has 18 heavy (non-hydrogen) atoms. The highest BCUT2D eigenvalue weighted by Gasteiger charge is 2.70. The Hall–Kier alpha value is -0.530. The quantitative estimate of drug-likeness (QED) is 0.613. The minimum absolute atomic E-state index is 0.0531. The molecule has 100 valence electrons. The molecule has 1 saturated heterocycles. The average Bonchev–Trinajstić information content (AvgIpc) is 2.86. The molecule has 4 aliphatic rings. The minimum Gasteiger partial charge on any atom is -0.459 e. The Morgan fingerprint density at radius 2 is 1.89 bits per heavy atom. The van der Waals surface area contributed by atoms with E-state index >= 15 is 0 Å². The Morgan fingerprint density at radius 1 is 1.11 bits per heavy atom. The molecule has 2 heteroatoms. The summed E-state index contributed by atoms with van der Waals surface area (Å²) in [6, 6.07) is 0. The van der Waals surface area contributed by atoms with Gasteiger partial charge in [0.15, 0.2) is 0 Å². The predicted molar refractivity (Wildman–Crippen MR) is 68.9 cm³/mol. The standard InChI is InChI=1S/C16H24O2/c1-14-6-4-10(9-14)16(3)11(14)5-7-15(2)12(16)8-13(17)18-15/h10-12H,4-9H2,1-3H3. The lowest BCUT2D eigenvalue weighted by Gasteiger charge is -2.56. The molecule has 1 heterocycles. The minimum atomic E-state index is -0.150. The zero-order valence-corrected chi connectivity index (χ0v) is 11.8. The summed E-state index contributed by atoms with van der Waals surface area (Å²) in [5, 5.41) is 0. The van der Waals surface area contributed by atoms with E-state index in [1.54, 1.807) is 0 Å². The van der Waals surface area contributed by atoms with Gasteiger partial charge in [-0.15, -0.1) is 0 Å². The number of esters is 1. The van der Waals surface area contributed by atoms with Crippen molar-refractivity contribution in [3.05, 3.63) is 0 Å². The van der Waals surface area contributed by atoms with Crippen LogP contribution in [0.5, 0.6) is 0 Å². The lowest BCUT2D eigenvalue weighted by atomic mass is 9.49. The maximum absolute atomic E-state index is 11.8. The molecule has 4 fully saturated rings. The average molecular weight is 248 g/mol. The molecule has 2 bridgehead atoms. The zero-order chi connectivity index (χ0) is 12.8. The molecule has 0 N–H and O–H groups in total. The smallest absolute Gasteiger partial charge is 0.306 e. The van der Waals surface area contributed by atoms with Crippen LogP contribution in [0.1, 0.15) is 59.3 Å². The zero-order valence-electron chi connectivity index (χ0n) is 11.8. The van der Waals surface area contributed by atoms with Crippen molar-refractivity contribution in [3.63, 3.8) is 0 Å². The van der Waals surface area contributed by atoms with Crippen LogP contribution in [0, 0.1) is 28.6 Å². The van der Waals surface area contributed by atoms with Gasteiger partial charge < -0.3 is 4.74 Å². The molecule has 6 atom stereocenters. The molecule has 6 unspecified atom stereocenters. The van der Waals surface area contributed by atoms with Crippen LogP contribution in [0.2, 0.25) is 0 Å². The van der Waals surface area contributed by atoms with Gasteiger partial charge in [0.1, 0.15) is 5.60 Å². The monoisotopic (exact) mass is 248 g/mol. The van der Waals surface area contributed by atoms with E-state index in [2.05, 4.69) is 20.8 Å². The first kappa shape index (κ1) is 11.3. The first-order chi connectivity index (χ1) is 8.38. The van der Waals surface area contributed by atoms with Crippen LogP contribution in [-0.4, -0.2) is 11.6 Å². The maximum atomic E-state index is 11.8. The second kappa shape index (κ2) is 2.96. The molecular weight excluding hydrogens is 224 g/mol. The molecule has 0 amide bonds. The van der Waals surface area contributed by atoms with Gasteiger partial charge in [0.2, 0.25) is 0 Å². The highest BCUT2D eigenvalue weighted by Crippen LogP contribution is 2.74. The van der Waals surface area contributed by atoms with Crippen molar-refractivity contribution in [3.8, 4) is 0 Å². The van der Waals surface area contributed by atoms with Crippen LogP contribution in [0.15, 0.2) is 0 Å². The molecule has 4 rings (SSSR count). The summed E-state index contributed by atoms with van der Waals surface area (Å²) in [4.78, 5) is 11.8. The molecule has 0 aromatic carbocycles. The van der Waals surface area contributed by atoms with Crippen LogP contribution in [0.3, 0.4) is 0 Å². The summed E-state index contributed by atoms with van der Waals surface area (Å²) in [6.07, 6.45) is 7.22. The number of ether oxygens (including phenoxy) is 1. The van der Waals surface area contributed by atoms with E-state index in [1.807, 2.05) is 0 Å². The molecule has 0 radical (unpaired) electrons. The van der Waals surface area contributed by atoms with Crippen molar-refractivity contribution in [2.45, 2.75) is 64.9 Å². The first-order valence-corrected chi connectivity index (χ1v) is 7.60. The lowest BCUT2D eigenvalue weighted by Crippen LogP contribution is -2.54. The summed E-state index contributed by atoms with van der Waals surface area (Å²) >= 11 is 0. The number of carbonyl (C=O) groups excluding carboxylic acids is 1. The normalized spacial score (nSPS) is 61.5. The Bertz CT molecular complexity index is 431. The Morgan fingerprint density at radius 3 is 2.67 bits per heavy atom. The van der Waals surface area contributed by atoms with Crippen molar-refractivity contribution in [1.82, 2.24) is 0 Å². The first-order valence-electron chi connectivity index (χ1n) is 7.60.